The molecule has 1 unspecified atom stereocenters. The Morgan fingerprint density at radius 2 is 1.80 bits per heavy atom. The summed E-state index contributed by atoms with van der Waals surface area (Å²) in [5, 5.41) is 8.61. The first-order valence-corrected chi connectivity index (χ1v) is 4.51. The van der Waals surface area contributed by atoms with Gasteiger partial charge >= 0.3 is 5.97 Å². The number of carboxylic acids is 1. The van der Waals surface area contributed by atoms with Crippen molar-refractivity contribution in [3.8, 4) is 5.75 Å². The SMILES string of the molecule is CC(=O)c1ccc(OC(C)C(=O)O)cc1. The van der Waals surface area contributed by atoms with Crippen LogP contribution in [0.4, 0.5) is 0 Å². The molecule has 0 saturated carbocycles. The number of carbonyl (C=O) groups is 2. The van der Waals surface area contributed by atoms with Crippen molar-refractivity contribution in [3.63, 3.8) is 0 Å². The molecule has 15 heavy (non-hydrogen) atoms. The van der Waals surface area contributed by atoms with Gasteiger partial charge in [-0.2, -0.15) is 0 Å². The van der Waals surface area contributed by atoms with Gasteiger partial charge in [-0.05, 0) is 38.1 Å². The number of hydrogen-bond acceptors (Lipinski definition) is 3. The number of benzene rings is 1. The highest BCUT2D eigenvalue weighted by Crippen LogP contribution is 2.14. The smallest absolute Gasteiger partial charge is 0.344 e. The Hall–Kier alpha value is -1.84. The Kier molecular flexibility index (Phi) is 3.44. The molecule has 0 bridgehead atoms. The second kappa shape index (κ2) is 4.59. The molecule has 4 heteroatoms. The van der Waals surface area contributed by atoms with Crippen LogP contribution in [0.25, 0.3) is 0 Å². The monoisotopic (exact) mass is 208 g/mol. The first-order valence-electron chi connectivity index (χ1n) is 4.51. The van der Waals surface area contributed by atoms with E-state index >= 15 is 0 Å². The van der Waals surface area contributed by atoms with Crippen LogP contribution in [-0.4, -0.2) is 23.0 Å². The lowest BCUT2D eigenvalue weighted by Crippen LogP contribution is -2.22. The van der Waals surface area contributed by atoms with E-state index in [-0.39, 0.29) is 5.78 Å². The largest absolute Gasteiger partial charge is 0.479 e. The standard InChI is InChI=1S/C11H12O4/c1-7(12)9-3-5-10(6-4-9)15-8(2)11(13)14/h3-6,8H,1-2H3,(H,13,14). The van der Waals surface area contributed by atoms with Crippen molar-refractivity contribution in [2.75, 3.05) is 0 Å². The lowest BCUT2D eigenvalue weighted by molar-refractivity contribution is -0.144. The number of hydrogen-bond donors (Lipinski definition) is 1. The summed E-state index contributed by atoms with van der Waals surface area (Å²) in [7, 11) is 0. The maximum Gasteiger partial charge on any atom is 0.344 e. The number of rotatable bonds is 4. The zero-order chi connectivity index (χ0) is 11.4. The third-order valence-electron chi connectivity index (χ3n) is 1.92. The predicted octanol–water partition coefficient (Wildman–Crippen LogP) is 1.74. The van der Waals surface area contributed by atoms with E-state index in [4.69, 9.17) is 9.84 Å². The molecule has 80 valence electrons. The van der Waals surface area contributed by atoms with Crippen molar-refractivity contribution in [3.05, 3.63) is 29.8 Å². The third-order valence-corrected chi connectivity index (χ3v) is 1.92. The molecule has 0 amide bonds. The number of Topliss-reactive ketones (excluding diaryl/α,β-unsaturated/α-hetero) is 1. The van der Waals surface area contributed by atoms with Gasteiger partial charge in [-0.15, -0.1) is 0 Å². The predicted molar refractivity (Wildman–Crippen MR) is 54.2 cm³/mol. The van der Waals surface area contributed by atoms with Crippen LogP contribution in [0.5, 0.6) is 5.75 Å². The van der Waals surface area contributed by atoms with E-state index in [0.717, 1.165) is 0 Å². The third kappa shape index (κ3) is 3.09. The molecule has 1 aromatic rings. The molecule has 1 rings (SSSR count). The molecule has 0 radical (unpaired) electrons. The van der Waals surface area contributed by atoms with E-state index in [2.05, 4.69) is 0 Å². The van der Waals surface area contributed by atoms with Crippen LogP contribution >= 0.6 is 0 Å². The van der Waals surface area contributed by atoms with E-state index in [1.165, 1.54) is 13.8 Å². The zero-order valence-electron chi connectivity index (χ0n) is 8.56. The van der Waals surface area contributed by atoms with Gasteiger partial charge in [0.2, 0.25) is 0 Å². The fraction of sp³-hybridized carbons (Fsp3) is 0.273. The van der Waals surface area contributed by atoms with Crippen molar-refractivity contribution in [2.24, 2.45) is 0 Å². The Bertz CT molecular complexity index is 367. The topological polar surface area (TPSA) is 63.6 Å². The number of carboxylic acid groups (broad SMARTS) is 1. The molecule has 0 aliphatic heterocycles. The van der Waals surface area contributed by atoms with E-state index in [1.54, 1.807) is 24.3 Å². The van der Waals surface area contributed by atoms with Crippen LogP contribution in [0.15, 0.2) is 24.3 Å². The Morgan fingerprint density at radius 1 is 1.27 bits per heavy atom. The molecule has 1 atom stereocenters. The van der Waals surface area contributed by atoms with Gasteiger partial charge in [0.15, 0.2) is 11.9 Å². The minimum atomic E-state index is -1.02. The van der Waals surface area contributed by atoms with Crippen molar-refractivity contribution in [2.45, 2.75) is 20.0 Å². The highest BCUT2D eigenvalue weighted by atomic mass is 16.5. The average Bonchev–Trinajstić information content (AvgIpc) is 2.18. The van der Waals surface area contributed by atoms with Gasteiger partial charge in [0.1, 0.15) is 5.75 Å². The van der Waals surface area contributed by atoms with Crippen molar-refractivity contribution in [1.29, 1.82) is 0 Å². The van der Waals surface area contributed by atoms with Gasteiger partial charge < -0.3 is 9.84 Å². The minimum absolute atomic E-state index is 0.0344. The molecule has 4 nitrogen and oxygen atoms in total. The Labute approximate surface area is 87.5 Å². The lowest BCUT2D eigenvalue weighted by atomic mass is 10.1. The zero-order valence-corrected chi connectivity index (χ0v) is 8.56. The summed E-state index contributed by atoms with van der Waals surface area (Å²) in [6.07, 6.45) is -0.895. The summed E-state index contributed by atoms with van der Waals surface area (Å²) >= 11 is 0. The van der Waals surface area contributed by atoms with Gasteiger partial charge in [-0.1, -0.05) is 0 Å². The number of ether oxygens (including phenoxy) is 1. The highest BCUT2D eigenvalue weighted by molar-refractivity contribution is 5.94. The van der Waals surface area contributed by atoms with Crippen molar-refractivity contribution in [1.82, 2.24) is 0 Å². The van der Waals surface area contributed by atoms with E-state index in [0.29, 0.717) is 11.3 Å². The van der Waals surface area contributed by atoms with Crippen LogP contribution in [-0.2, 0) is 4.79 Å². The van der Waals surface area contributed by atoms with Crippen LogP contribution in [0.3, 0.4) is 0 Å². The molecule has 1 aromatic carbocycles. The number of aliphatic carboxylic acids is 1. The van der Waals surface area contributed by atoms with E-state index in [1.807, 2.05) is 0 Å². The van der Waals surface area contributed by atoms with Crippen LogP contribution < -0.4 is 4.74 Å². The van der Waals surface area contributed by atoms with Crippen molar-refractivity contribution >= 4 is 11.8 Å². The molecule has 0 aromatic heterocycles. The molecule has 0 spiro atoms. The summed E-state index contributed by atoms with van der Waals surface area (Å²) in [6, 6.07) is 6.37. The summed E-state index contributed by atoms with van der Waals surface area (Å²) in [6.45, 7) is 2.91. The van der Waals surface area contributed by atoms with Crippen LogP contribution in [0, 0.1) is 0 Å². The summed E-state index contributed by atoms with van der Waals surface area (Å²) in [5.41, 5.74) is 0.574. The Balaban J connectivity index is 2.72. The molecular weight excluding hydrogens is 196 g/mol. The fourth-order valence-corrected chi connectivity index (χ4v) is 1.02. The lowest BCUT2D eigenvalue weighted by Gasteiger charge is -2.10. The molecule has 0 heterocycles. The van der Waals surface area contributed by atoms with Crippen molar-refractivity contribution < 1.29 is 19.4 Å². The maximum absolute atomic E-state index is 11.0. The second-order valence-electron chi connectivity index (χ2n) is 3.18. The Morgan fingerprint density at radius 3 is 2.20 bits per heavy atom. The maximum atomic E-state index is 11.0. The van der Waals surface area contributed by atoms with Gasteiger partial charge in [-0.25, -0.2) is 4.79 Å². The molecule has 0 aliphatic rings. The van der Waals surface area contributed by atoms with E-state index < -0.39 is 12.1 Å². The molecule has 0 fully saturated rings. The molecule has 0 aliphatic carbocycles. The van der Waals surface area contributed by atoms with Gasteiger partial charge in [-0.3, -0.25) is 4.79 Å². The summed E-state index contributed by atoms with van der Waals surface area (Å²) < 4.78 is 5.10. The van der Waals surface area contributed by atoms with Gasteiger partial charge in [0.25, 0.3) is 0 Å². The normalized spacial score (nSPS) is 11.9. The molecular formula is C11H12O4. The summed E-state index contributed by atoms with van der Waals surface area (Å²) in [5.74, 6) is -0.617. The van der Waals surface area contributed by atoms with Crippen LogP contribution in [0.2, 0.25) is 0 Å². The fourth-order valence-electron chi connectivity index (χ4n) is 1.02. The molecule has 0 saturated heterocycles. The number of carbonyl (C=O) groups excluding carboxylic acids is 1. The first kappa shape index (κ1) is 11.2. The first-order chi connectivity index (χ1) is 7.00. The van der Waals surface area contributed by atoms with Gasteiger partial charge in [0.05, 0.1) is 0 Å². The average molecular weight is 208 g/mol. The number of ketones is 1. The quantitative estimate of drug-likeness (QED) is 0.765. The molecule has 1 N–H and O–H groups in total. The summed E-state index contributed by atoms with van der Waals surface area (Å²) in [4.78, 5) is 21.5. The minimum Gasteiger partial charge on any atom is -0.479 e. The van der Waals surface area contributed by atoms with E-state index in [9.17, 15) is 9.59 Å². The van der Waals surface area contributed by atoms with Crippen LogP contribution in [0.1, 0.15) is 24.2 Å². The second-order valence-corrected chi connectivity index (χ2v) is 3.18. The van der Waals surface area contributed by atoms with Gasteiger partial charge in [0, 0.05) is 5.56 Å². The highest BCUT2D eigenvalue weighted by Gasteiger charge is 2.12.